The van der Waals surface area contributed by atoms with Gasteiger partial charge in [0.15, 0.2) is 5.78 Å². The van der Waals surface area contributed by atoms with Crippen molar-refractivity contribution >= 4 is 16.8 Å². The monoisotopic (exact) mass is 219 g/mol. The highest BCUT2D eigenvalue weighted by Crippen LogP contribution is 2.10. The summed E-state index contributed by atoms with van der Waals surface area (Å²) < 4.78 is 0. The van der Waals surface area contributed by atoms with Gasteiger partial charge in [0.25, 0.3) is 0 Å². The van der Waals surface area contributed by atoms with Crippen molar-refractivity contribution in [2.24, 2.45) is 0 Å². The first kappa shape index (κ1) is 14.2. The molecule has 0 atom stereocenters. The van der Waals surface area contributed by atoms with Gasteiger partial charge in [0.1, 0.15) is 0 Å². The number of hydrogen-bond acceptors (Lipinski definition) is 4. The van der Waals surface area contributed by atoms with Crippen LogP contribution in [0.1, 0.15) is 31.1 Å². The van der Waals surface area contributed by atoms with Crippen molar-refractivity contribution in [2.45, 2.75) is 20.8 Å². The molecule has 2 aromatic rings. The van der Waals surface area contributed by atoms with Gasteiger partial charge >= 0.3 is 0 Å². The van der Waals surface area contributed by atoms with E-state index in [2.05, 4.69) is 9.97 Å². The van der Waals surface area contributed by atoms with Crippen LogP contribution in [0.15, 0.2) is 30.6 Å². The molecule has 0 bridgehead atoms. The van der Waals surface area contributed by atoms with Crippen molar-refractivity contribution in [1.82, 2.24) is 16.1 Å². The van der Waals surface area contributed by atoms with E-state index in [4.69, 9.17) is 0 Å². The van der Waals surface area contributed by atoms with Crippen molar-refractivity contribution in [1.29, 1.82) is 0 Å². The third-order valence-electron chi connectivity index (χ3n) is 1.88. The third kappa shape index (κ3) is 3.10. The zero-order valence-electron chi connectivity index (χ0n) is 9.90. The fraction of sp³-hybridized carbons (Fsp3) is 0.250. The van der Waals surface area contributed by atoms with Crippen molar-refractivity contribution in [2.75, 3.05) is 0 Å². The molecule has 0 aliphatic rings. The topological polar surface area (TPSA) is 77.8 Å². The van der Waals surface area contributed by atoms with Crippen molar-refractivity contribution < 1.29 is 4.79 Å². The predicted octanol–water partition coefficient (Wildman–Crippen LogP) is 3.02. The highest BCUT2D eigenvalue weighted by Gasteiger charge is 2.00. The van der Waals surface area contributed by atoms with Gasteiger partial charge in [0.2, 0.25) is 0 Å². The van der Waals surface area contributed by atoms with E-state index in [1.54, 1.807) is 30.6 Å². The molecule has 86 valence electrons. The first-order chi connectivity index (χ1) is 7.27. The molecular weight excluding hydrogens is 202 g/mol. The number of ketones is 1. The summed E-state index contributed by atoms with van der Waals surface area (Å²) in [5.74, 6) is 0.0487. The molecule has 0 saturated heterocycles. The minimum atomic E-state index is 0. The Hall–Kier alpha value is -1.81. The summed E-state index contributed by atoms with van der Waals surface area (Å²) in [4.78, 5) is 19.3. The van der Waals surface area contributed by atoms with E-state index in [1.807, 2.05) is 13.8 Å². The summed E-state index contributed by atoms with van der Waals surface area (Å²) in [5, 5.41) is 0. The quantitative estimate of drug-likeness (QED) is 0.748. The maximum atomic E-state index is 11.0. The fourth-order valence-corrected chi connectivity index (χ4v) is 1.18. The van der Waals surface area contributed by atoms with Crippen LogP contribution in [-0.4, -0.2) is 15.8 Å². The summed E-state index contributed by atoms with van der Waals surface area (Å²) >= 11 is 0. The van der Waals surface area contributed by atoms with Gasteiger partial charge in [-0.3, -0.25) is 14.8 Å². The van der Waals surface area contributed by atoms with Crippen LogP contribution < -0.4 is 6.15 Å². The molecule has 0 unspecified atom stereocenters. The second-order valence-corrected chi connectivity index (χ2v) is 2.82. The summed E-state index contributed by atoms with van der Waals surface area (Å²) in [6, 6.07) is 5.32. The lowest BCUT2D eigenvalue weighted by atomic mass is 10.1. The first-order valence-electron chi connectivity index (χ1n) is 4.99. The smallest absolute Gasteiger partial charge is 0.159 e. The van der Waals surface area contributed by atoms with Crippen molar-refractivity contribution in [3.63, 3.8) is 0 Å². The number of Topliss-reactive ketones (excluding diaryl/α,β-unsaturated/α-hetero) is 1. The van der Waals surface area contributed by atoms with E-state index in [0.29, 0.717) is 5.56 Å². The van der Waals surface area contributed by atoms with Gasteiger partial charge in [-0.25, -0.2) is 0 Å². The third-order valence-corrected chi connectivity index (χ3v) is 1.88. The van der Waals surface area contributed by atoms with Crippen LogP contribution in [0.3, 0.4) is 0 Å². The molecule has 0 aliphatic heterocycles. The Morgan fingerprint density at radius 1 is 1.06 bits per heavy atom. The van der Waals surface area contributed by atoms with Crippen LogP contribution >= 0.6 is 0 Å². The lowest BCUT2D eigenvalue weighted by molar-refractivity contribution is 0.101. The molecule has 0 amide bonds. The number of carbonyl (C=O) groups is 1. The molecule has 4 nitrogen and oxygen atoms in total. The first-order valence-corrected chi connectivity index (χ1v) is 4.99. The molecule has 0 saturated carbocycles. The van der Waals surface area contributed by atoms with Crippen LogP contribution in [0.2, 0.25) is 0 Å². The number of fused-ring (bicyclic) bond motifs is 1. The lowest BCUT2D eigenvalue weighted by Gasteiger charge is -1.97. The molecular formula is C12H17N3O. The summed E-state index contributed by atoms with van der Waals surface area (Å²) in [7, 11) is 0. The van der Waals surface area contributed by atoms with Gasteiger partial charge in [0, 0.05) is 18.0 Å². The molecule has 0 radical (unpaired) electrons. The Morgan fingerprint density at radius 3 is 2.19 bits per heavy atom. The maximum absolute atomic E-state index is 11.0. The Balaban J connectivity index is 0.000000711. The number of benzene rings is 1. The van der Waals surface area contributed by atoms with Crippen LogP contribution in [0, 0.1) is 0 Å². The number of carbonyl (C=O) groups excluding carboxylic acids is 1. The normalized spacial score (nSPS) is 8.69. The molecule has 1 heterocycles. The van der Waals surface area contributed by atoms with E-state index in [0.717, 1.165) is 11.0 Å². The van der Waals surface area contributed by atoms with Crippen LogP contribution in [-0.2, 0) is 0 Å². The maximum Gasteiger partial charge on any atom is 0.159 e. The van der Waals surface area contributed by atoms with E-state index in [-0.39, 0.29) is 11.9 Å². The standard InChI is InChI=1S/C10H8N2O.C2H6.H3N/c1-7(13)8-2-3-9-10(6-8)12-5-4-11-9;1-2;/h2-6H,1H3;1-2H3;1H3. The van der Waals surface area contributed by atoms with Crippen molar-refractivity contribution in [3.8, 4) is 0 Å². The highest BCUT2D eigenvalue weighted by molar-refractivity contribution is 5.97. The molecule has 1 aromatic carbocycles. The molecule has 2 rings (SSSR count). The van der Waals surface area contributed by atoms with E-state index in [9.17, 15) is 4.79 Å². The minimum absolute atomic E-state index is 0. The molecule has 3 N–H and O–H groups in total. The van der Waals surface area contributed by atoms with E-state index < -0.39 is 0 Å². The summed E-state index contributed by atoms with van der Waals surface area (Å²) in [5.41, 5.74) is 2.25. The summed E-state index contributed by atoms with van der Waals surface area (Å²) in [6.45, 7) is 5.54. The Bertz CT molecular complexity index is 469. The van der Waals surface area contributed by atoms with Crippen LogP contribution in [0.25, 0.3) is 11.0 Å². The molecule has 4 heteroatoms. The van der Waals surface area contributed by atoms with Gasteiger partial charge in [-0.05, 0) is 25.1 Å². The Kier molecular flexibility index (Phi) is 5.88. The Labute approximate surface area is 95.3 Å². The zero-order chi connectivity index (χ0) is 11.3. The number of aromatic nitrogens is 2. The van der Waals surface area contributed by atoms with Gasteiger partial charge in [-0.1, -0.05) is 13.8 Å². The summed E-state index contributed by atoms with van der Waals surface area (Å²) in [6.07, 6.45) is 3.25. The molecule has 0 aliphatic carbocycles. The average molecular weight is 219 g/mol. The lowest BCUT2D eigenvalue weighted by Crippen LogP contribution is -1.92. The fourth-order valence-electron chi connectivity index (χ4n) is 1.18. The SMILES string of the molecule is CC.CC(=O)c1ccc2nccnc2c1.N. The highest BCUT2D eigenvalue weighted by atomic mass is 16.1. The number of nitrogens with zero attached hydrogens (tertiary/aromatic N) is 2. The van der Waals surface area contributed by atoms with Gasteiger partial charge in [-0.15, -0.1) is 0 Å². The zero-order valence-corrected chi connectivity index (χ0v) is 9.90. The van der Waals surface area contributed by atoms with Crippen LogP contribution in [0.5, 0.6) is 0 Å². The molecule has 16 heavy (non-hydrogen) atoms. The number of rotatable bonds is 1. The molecule has 1 aromatic heterocycles. The van der Waals surface area contributed by atoms with E-state index >= 15 is 0 Å². The second kappa shape index (κ2) is 6.63. The van der Waals surface area contributed by atoms with Crippen molar-refractivity contribution in [3.05, 3.63) is 36.2 Å². The predicted molar refractivity (Wildman–Crippen MR) is 65.9 cm³/mol. The van der Waals surface area contributed by atoms with E-state index in [1.165, 1.54) is 6.92 Å². The largest absolute Gasteiger partial charge is 0.344 e. The second-order valence-electron chi connectivity index (χ2n) is 2.82. The van der Waals surface area contributed by atoms with Gasteiger partial charge in [-0.2, -0.15) is 0 Å². The minimum Gasteiger partial charge on any atom is -0.344 e. The molecule has 0 spiro atoms. The number of hydrogen-bond donors (Lipinski definition) is 1. The van der Waals surface area contributed by atoms with Gasteiger partial charge in [0.05, 0.1) is 11.0 Å². The molecule has 0 fully saturated rings. The van der Waals surface area contributed by atoms with Crippen LogP contribution in [0.4, 0.5) is 0 Å². The van der Waals surface area contributed by atoms with Gasteiger partial charge < -0.3 is 6.15 Å². The average Bonchev–Trinajstić information content (AvgIpc) is 2.31. The Morgan fingerprint density at radius 2 is 1.62 bits per heavy atom.